The number of aliphatic hydroxyl groups is 9. The minimum absolute atomic E-state index is 0.470. The molecule has 0 aliphatic carbocycles. The largest absolute Gasteiger partial charge is 0.394 e. The van der Waals surface area contributed by atoms with Crippen LogP contribution in [0.3, 0.4) is 0 Å². The molecule has 8 atom stereocenters. The fraction of sp³-hybridized carbons (Fsp3) is 0.917. The Kier molecular flexibility index (Phi) is 10.6. The van der Waals surface area contributed by atoms with E-state index in [1.165, 1.54) is 0 Å². The van der Waals surface area contributed by atoms with Gasteiger partial charge in [-0.1, -0.05) is 0 Å². The highest BCUT2D eigenvalue weighted by atomic mass is 16.6. The number of hydrogen-bond acceptors (Lipinski definition) is 12. The number of Topliss-reactive ketones (excluding diaryl/α,β-unsaturated/α-hetero) is 1. The van der Waals surface area contributed by atoms with Crippen molar-refractivity contribution in [3.8, 4) is 0 Å². The Morgan fingerprint density at radius 1 is 1.04 bits per heavy atom. The van der Waals surface area contributed by atoms with Crippen LogP contribution in [0.15, 0.2) is 0 Å². The number of carbonyl (C=O) groups excluding carboxylic acids is 1. The molecule has 24 heavy (non-hydrogen) atoms. The molecule has 0 aromatic heterocycles. The van der Waals surface area contributed by atoms with E-state index in [0.29, 0.717) is 0 Å². The number of ether oxygens (including phenoxy) is 1. The summed E-state index contributed by atoms with van der Waals surface area (Å²) in [4.78, 5) is 10.5. The molecule has 12 heteroatoms. The Bertz CT molecular complexity index is 366. The van der Waals surface area contributed by atoms with Crippen LogP contribution >= 0.6 is 0 Å². The van der Waals surface area contributed by atoms with Gasteiger partial charge in [-0.3, -0.25) is 4.79 Å². The molecule has 1 aliphatic rings. The summed E-state index contributed by atoms with van der Waals surface area (Å²) in [6.45, 7) is -2.16. The van der Waals surface area contributed by atoms with E-state index in [4.69, 9.17) is 46.2 Å². The predicted octanol–water partition coefficient (Wildman–Crippen LogP) is -6.63. The van der Waals surface area contributed by atoms with E-state index in [-0.39, 0.29) is 0 Å². The summed E-state index contributed by atoms with van der Waals surface area (Å²) in [6.07, 6.45) is -10.1. The molecule has 12 nitrogen and oxygen atoms in total. The van der Waals surface area contributed by atoms with E-state index in [1.54, 1.807) is 0 Å². The van der Waals surface area contributed by atoms with E-state index in [0.717, 1.165) is 0 Å². The third kappa shape index (κ3) is 6.27. The lowest BCUT2D eigenvalue weighted by Crippen LogP contribution is -2.61. The van der Waals surface area contributed by atoms with Crippen molar-refractivity contribution in [1.29, 1.82) is 0 Å². The van der Waals surface area contributed by atoms with Crippen LogP contribution in [0, 0.1) is 0 Å². The summed E-state index contributed by atoms with van der Waals surface area (Å²) in [5, 5.41) is 79.1. The zero-order valence-electron chi connectivity index (χ0n) is 12.7. The van der Waals surface area contributed by atoms with E-state index in [9.17, 15) is 15.0 Å². The van der Waals surface area contributed by atoms with Crippen molar-refractivity contribution in [1.82, 2.24) is 0 Å². The summed E-state index contributed by atoms with van der Waals surface area (Å²) in [5.74, 6) is -1.00. The zero-order valence-corrected chi connectivity index (χ0v) is 12.7. The molecule has 1 heterocycles. The normalized spacial score (nSPS) is 33.8. The quantitative estimate of drug-likeness (QED) is 0.213. The van der Waals surface area contributed by atoms with Gasteiger partial charge in [0.1, 0.15) is 43.2 Å². The number of aliphatic hydroxyl groups excluding tert-OH is 9. The Labute approximate surface area is 137 Å². The summed E-state index contributed by atoms with van der Waals surface area (Å²) in [7, 11) is 0. The first kappa shape index (κ1) is 23.2. The van der Waals surface area contributed by atoms with E-state index in [2.05, 4.69) is 0 Å². The number of rotatable bonds is 6. The molecule has 1 saturated heterocycles. The van der Waals surface area contributed by atoms with Crippen LogP contribution in [-0.2, 0) is 9.53 Å². The molecule has 0 aromatic rings. The van der Waals surface area contributed by atoms with Crippen LogP contribution in [0.1, 0.15) is 0 Å². The van der Waals surface area contributed by atoms with Crippen LogP contribution in [0.5, 0.6) is 0 Å². The van der Waals surface area contributed by atoms with Gasteiger partial charge in [0.25, 0.3) is 0 Å². The van der Waals surface area contributed by atoms with Gasteiger partial charge >= 0.3 is 0 Å². The minimum atomic E-state index is -1.86. The number of nitrogens with two attached hydrogens (primary N) is 1. The average molecular weight is 359 g/mol. The molecule has 0 radical (unpaired) electrons. The average Bonchev–Trinajstić information content (AvgIpc) is 2.60. The smallest absolute Gasteiger partial charge is 0.189 e. The molecule has 11 N–H and O–H groups in total. The number of hydrogen-bond donors (Lipinski definition) is 10. The molecular formula is C12H25NO11. The lowest BCUT2D eigenvalue weighted by molar-refractivity contribution is -0.248. The molecule has 0 saturated carbocycles. The Balaban J connectivity index is 0.000000441. The van der Waals surface area contributed by atoms with Crippen molar-refractivity contribution < 1.29 is 55.5 Å². The Morgan fingerprint density at radius 2 is 1.58 bits per heavy atom. The van der Waals surface area contributed by atoms with Crippen molar-refractivity contribution in [3.63, 3.8) is 0 Å². The first-order chi connectivity index (χ1) is 11.1. The van der Waals surface area contributed by atoms with E-state index in [1.807, 2.05) is 0 Å². The van der Waals surface area contributed by atoms with Crippen molar-refractivity contribution in [2.24, 2.45) is 5.73 Å². The number of ketones is 1. The highest BCUT2D eigenvalue weighted by Gasteiger charge is 2.41. The molecule has 0 spiro atoms. The maximum absolute atomic E-state index is 10.5. The van der Waals surface area contributed by atoms with Crippen molar-refractivity contribution in [2.75, 3.05) is 19.8 Å². The van der Waals surface area contributed by atoms with Gasteiger partial charge in [-0.05, 0) is 0 Å². The van der Waals surface area contributed by atoms with Crippen LogP contribution in [-0.4, -0.2) is 121 Å². The van der Waals surface area contributed by atoms with Gasteiger partial charge in [0, 0.05) is 0 Å². The van der Waals surface area contributed by atoms with Gasteiger partial charge in [0.15, 0.2) is 12.1 Å². The standard InChI is InChI=1S/C6H13NO5.C6H12O6/c7-3-5(10)4(9)2(1-8)12-6(3)11;7-1-3(9)5(11)6(12)4(10)2-8/h2-6,8-11H,1,7H2;3,5-9,11-12H,1-2H2/t2-,3-,4-,5-,6?;/m1./s1. The second kappa shape index (κ2) is 11.0. The molecule has 0 amide bonds. The first-order valence-corrected chi connectivity index (χ1v) is 6.97. The maximum atomic E-state index is 10.5. The summed E-state index contributed by atoms with van der Waals surface area (Å²) < 4.78 is 4.70. The van der Waals surface area contributed by atoms with E-state index >= 15 is 0 Å². The Morgan fingerprint density at radius 3 is 2.00 bits per heavy atom. The van der Waals surface area contributed by atoms with Gasteiger partial charge in [0.05, 0.1) is 19.3 Å². The van der Waals surface area contributed by atoms with Crippen molar-refractivity contribution in [3.05, 3.63) is 0 Å². The van der Waals surface area contributed by atoms with Crippen LogP contribution in [0.4, 0.5) is 0 Å². The first-order valence-electron chi connectivity index (χ1n) is 6.97. The SMILES string of the molecule is N[C@H]1C(O)O[C@H](CO)[C@@H](O)[C@@H]1O.O=C(CO)C(O)C(O)C(O)CO. The molecule has 1 fully saturated rings. The summed E-state index contributed by atoms with van der Waals surface area (Å²) in [6, 6.07) is -1.04. The molecule has 4 unspecified atom stereocenters. The second-order valence-corrected chi connectivity index (χ2v) is 5.12. The molecule has 1 rings (SSSR count). The summed E-state index contributed by atoms with van der Waals surface area (Å²) >= 11 is 0. The van der Waals surface area contributed by atoms with Gasteiger partial charge < -0.3 is 56.4 Å². The second-order valence-electron chi connectivity index (χ2n) is 5.12. The molecular weight excluding hydrogens is 334 g/mol. The van der Waals surface area contributed by atoms with Gasteiger partial charge in [0.2, 0.25) is 0 Å². The maximum Gasteiger partial charge on any atom is 0.189 e. The third-order valence-electron chi connectivity index (χ3n) is 3.34. The van der Waals surface area contributed by atoms with Crippen LogP contribution < -0.4 is 5.73 Å². The fourth-order valence-corrected chi connectivity index (χ4v) is 1.72. The minimum Gasteiger partial charge on any atom is -0.394 e. The Hall–Kier alpha value is -0.770. The van der Waals surface area contributed by atoms with Crippen molar-refractivity contribution >= 4 is 5.78 Å². The fourth-order valence-electron chi connectivity index (χ4n) is 1.72. The topological polar surface area (TPSA) is 234 Å². The third-order valence-corrected chi connectivity index (χ3v) is 3.34. The number of carbonyl (C=O) groups is 1. The van der Waals surface area contributed by atoms with Gasteiger partial charge in [-0.15, -0.1) is 0 Å². The zero-order chi connectivity index (χ0) is 19.0. The highest BCUT2D eigenvalue weighted by Crippen LogP contribution is 2.17. The monoisotopic (exact) mass is 359 g/mol. The highest BCUT2D eigenvalue weighted by molar-refractivity contribution is 5.84. The van der Waals surface area contributed by atoms with Gasteiger partial charge in [-0.25, -0.2) is 0 Å². The molecule has 0 aromatic carbocycles. The van der Waals surface area contributed by atoms with Crippen LogP contribution in [0.25, 0.3) is 0 Å². The molecule has 144 valence electrons. The van der Waals surface area contributed by atoms with Crippen LogP contribution in [0.2, 0.25) is 0 Å². The lowest BCUT2D eigenvalue weighted by Gasteiger charge is -2.38. The summed E-state index contributed by atoms with van der Waals surface area (Å²) in [5.41, 5.74) is 5.26. The molecule has 0 bridgehead atoms. The predicted molar refractivity (Wildman–Crippen MR) is 75.2 cm³/mol. The lowest BCUT2D eigenvalue weighted by atomic mass is 9.98. The van der Waals surface area contributed by atoms with Crippen molar-refractivity contribution in [2.45, 2.75) is 49.0 Å². The van der Waals surface area contributed by atoms with Gasteiger partial charge in [-0.2, -0.15) is 0 Å². The van der Waals surface area contributed by atoms with E-state index < -0.39 is 74.6 Å². The molecule has 1 aliphatic heterocycles.